The van der Waals surface area contributed by atoms with Crippen LogP contribution in [0.25, 0.3) is 21.8 Å². The number of carbonyl (C=O) groups is 1. The molecule has 1 amide bonds. The Bertz CT molecular complexity index is 1600. The zero-order chi connectivity index (χ0) is 26.8. The van der Waals surface area contributed by atoms with Gasteiger partial charge in [0.15, 0.2) is 5.69 Å². The van der Waals surface area contributed by atoms with Gasteiger partial charge in [-0.15, -0.1) is 0 Å². The average molecular weight is 516 g/mol. The lowest BCUT2D eigenvalue weighted by Crippen LogP contribution is -2.34. The summed E-state index contributed by atoms with van der Waals surface area (Å²) in [5.41, 5.74) is 3.97. The number of fused-ring (bicyclic) bond motifs is 3. The second kappa shape index (κ2) is 10.5. The highest BCUT2D eigenvalue weighted by atomic mass is 19.1. The van der Waals surface area contributed by atoms with E-state index in [0.717, 1.165) is 16.6 Å². The number of aromatic nitrogens is 2. The smallest absolute Gasteiger partial charge is 0.326 e. The molecular formula is C29H24F3N5O. The third-order valence-electron chi connectivity index (χ3n) is 6.76. The molecule has 0 spiro atoms. The van der Waals surface area contributed by atoms with Gasteiger partial charge in [-0.3, -0.25) is 9.47 Å². The van der Waals surface area contributed by atoms with Crippen molar-refractivity contribution in [3.8, 4) is 0 Å². The minimum atomic E-state index is -0.617. The number of amides is 1. The van der Waals surface area contributed by atoms with Crippen LogP contribution in [0.2, 0.25) is 0 Å². The molecule has 2 aromatic carbocycles. The van der Waals surface area contributed by atoms with E-state index in [2.05, 4.69) is 20.0 Å². The van der Waals surface area contributed by atoms with Crippen molar-refractivity contribution in [2.75, 3.05) is 13.1 Å². The highest BCUT2D eigenvalue weighted by Crippen LogP contribution is 2.33. The molecule has 4 aromatic rings. The number of carbonyl (C=O) groups excluding carboxylic acids is 1. The minimum absolute atomic E-state index is 0.000418. The molecule has 5 rings (SSSR count). The van der Waals surface area contributed by atoms with E-state index < -0.39 is 17.6 Å². The predicted molar refractivity (Wildman–Crippen MR) is 139 cm³/mol. The molecule has 192 valence electrons. The number of nitrogens with zero attached hydrogens (tertiary/aromatic N) is 4. The second-order valence-corrected chi connectivity index (χ2v) is 9.22. The van der Waals surface area contributed by atoms with Crippen molar-refractivity contribution >= 4 is 28.7 Å². The van der Waals surface area contributed by atoms with Gasteiger partial charge in [0, 0.05) is 61.0 Å². The lowest BCUT2D eigenvalue weighted by atomic mass is 10.0. The Morgan fingerprint density at radius 1 is 1.16 bits per heavy atom. The first-order chi connectivity index (χ1) is 18.3. The molecule has 0 bridgehead atoms. The third-order valence-corrected chi connectivity index (χ3v) is 6.76. The summed E-state index contributed by atoms with van der Waals surface area (Å²) in [7, 11) is 0. The third kappa shape index (κ3) is 5.04. The highest BCUT2D eigenvalue weighted by molar-refractivity contribution is 5.97. The lowest BCUT2D eigenvalue weighted by molar-refractivity contribution is 0.240. The molecule has 1 aliphatic rings. The normalized spacial score (nSPS) is 13.6. The Balaban J connectivity index is 1.39. The van der Waals surface area contributed by atoms with Crippen molar-refractivity contribution < 1.29 is 18.0 Å². The van der Waals surface area contributed by atoms with Gasteiger partial charge < -0.3 is 5.32 Å². The molecule has 2 aromatic heterocycles. The first kappa shape index (κ1) is 25.2. The van der Waals surface area contributed by atoms with Crippen LogP contribution in [0.15, 0.2) is 54.7 Å². The largest absolute Gasteiger partial charge is 0.333 e. The molecule has 6 nitrogen and oxygen atoms in total. The van der Waals surface area contributed by atoms with Crippen LogP contribution in [0.1, 0.15) is 27.9 Å². The molecule has 0 aliphatic carbocycles. The summed E-state index contributed by atoms with van der Waals surface area (Å²) >= 11 is 0. The number of rotatable bonds is 5. The number of pyridine rings is 1. The fourth-order valence-corrected chi connectivity index (χ4v) is 4.77. The quantitative estimate of drug-likeness (QED) is 0.257. The zero-order valence-corrected chi connectivity index (χ0v) is 20.6. The summed E-state index contributed by atoms with van der Waals surface area (Å²) in [6.07, 6.45) is 5.50. The Kier molecular flexibility index (Phi) is 6.99. The van der Waals surface area contributed by atoms with Gasteiger partial charge in [0.1, 0.15) is 11.6 Å². The van der Waals surface area contributed by atoms with Crippen LogP contribution in [0.5, 0.6) is 0 Å². The van der Waals surface area contributed by atoms with Crippen molar-refractivity contribution in [1.82, 2.24) is 19.8 Å². The number of halogens is 3. The first-order valence-corrected chi connectivity index (χ1v) is 12.1. The van der Waals surface area contributed by atoms with Crippen LogP contribution < -0.4 is 5.32 Å². The van der Waals surface area contributed by atoms with Crippen molar-refractivity contribution in [2.45, 2.75) is 26.4 Å². The summed E-state index contributed by atoms with van der Waals surface area (Å²) in [4.78, 5) is 22.6. The molecular weight excluding hydrogens is 491 g/mol. The van der Waals surface area contributed by atoms with Crippen molar-refractivity contribution in [3.63, 3.8) is 0 Å². The van der Waals surface area contributed by atoms with Gasteiger partial charge in [-0.25, -0.2) is 23.4 Å². The van der Waals surface area contributed by atoms with E-state index in [1.165, 1.54) is 31.3 Å². The van der Waals surface area contributed by atoms with Crippen molar-refractivity contribution in [2.24, 2.45) is 0 Å². The van der Waals surface area contributed by atoms with Crippen LogP contribution >= 0.6 is 0 Å². The highest BCUT2D eigenvalue weighted by Gasteiger charge is 2.26. The van der Waals surface area contributed by atoms with Gasteiger partial charge in [0.2, 0.25) is 5.95 Å². The Morgan fingerprint density at radius 2 is 1.95 bits per heavy atom. The van der Waals surface area contributed by atoms with E-state index in [4.69, 9.17) is 6.57 Å². The monoisotopic (exact) mass is 515 g/mol. The summed E-state index contributed by atoms with van der Waals surface area (Å²) in [6, 6.07) is 10.5. The average Bonchev–Trinajstić information content (AvgIpc) is 3.23. The SMILES string of the molecule is [C-]#[N+]c1ccc2c3c(n(C(=O)NCc4ccnc(F)c4)c2c1)CCN(C/C=C/c1cc(F)c(C)c(F)c1)C3. The van der Waals surface area contributed by atoms with Gasteiger partial charge >= 0.3 is 6.03 Å². The van der Waals surface area contributed by atoms with Crippen LogP contribution in [-0.4, -0.2) is 33.6 Å². The van der Waals surface area contributed by atoms with Crippen LogP contribution in [0.3, 0.4) is 0 Å². The maximum Gasteiger partial charge on any atom is 0.326 e. The van der Waals surface area contributed by atoms with E-state index in [9.17, 15) is 18.0 Å². The standard InChI is InChI=1S/C29H24F3N5O/c1-18-24(30)12-19(13-25(18)31)4-3-10-36-11-8-26-23(17-36)22-6-5-21(33-2)15-27(22)37(26)29(38)35-16-20-7-9-34-28(32)14-20/h3-7,9,12-15H,8,10-11,16-17H2,1H3,(H,35,38)/b4-3+. The molecule has 0 fully saturated rings. The molecule has 38 heavy (non-hydrogen) atoms. The molecule has 0 unspecified atom stereocenters. The zero-order valence-electron chi connectivity index (χ0n) is 20.6. The number of benzene rings is 2. The number of nitrogens with one attached hydrogen (secondary N) is 1. The second-order valence-electron chi connectivity index (χ2n) is 9.22. The summed E-state index contributed by atoms with van der Waals surface area (Å²) < 4.78 is 42.8. The van der Waals surface area contributed by atoms with Crippen LogP contribution in [0.4, 0.5) is 23.7 Å². The summed E-state index contributed by atoms with van der Waals surface area (Å²) in [5.74, 6) is -1.77. The Morgan fingerprint density at radius 3 is 2.68 bits per heavy atom. The molecule has 1 aliphatic heterocycles. The molecule has 1 N–H and O–H groups in total. The molecule has 0 atom stereocenters. The molecule has 0 radical (unpaired) electrons. The summed E-state index contributed by atoms with van der Waals surface area (Å²) in [6.45, 7) is 10.7. The van der Waals surface area contributed by atoms with Gasteiger partial charge in [0.05, 0.1) is 6.57 Å². The molecule has 0 saturated heterocycles. The van der Waals surface area contributed by atoms with Crippen LogP contribution in [-0.2, 0) is 19.5 Å². The maximum absolute atomic E-state index is 13.9. The number of hydrogen-bond acceptors (Lipinski definition) is 3. The Labute approximate surface area is 217 Å². The van der Waals surface area contributed by atoms with E-state index in [1.54, 1.807) is 28.8 Å². The van der Waals surface area contributed by atoms with Crippen LogP contribution in [0, 0.1) is 31.1 Å². The van der Waals surface area contributed by atoms with E-state index in [-0.39, 0.29) is 18.1 Å². The van der Waals surface area contributed by atoms with E-state index in [1.807, 2.05) is 12.1 Å². The van der Waals surface area contributed by atoms with Gasteiger partial charge in [-0.05, 0) is 53.9 Å². The lowest BCUT2D eigenvalue weighted by Gasteiger charge is -2.27. The fourth-order valence-electron chi connectivity index (χ4n) is 4.77. The predicted octanol–water partition coefficient (Wildman–Crippen LogP) is 6.14. The van der Waals surface area contributed by atoms with Crippen molar-refractivity contribution in [1.29, 1.82) is 0 Å². The Hall–Kier alpha value is -4.42. The number of hydrogen-bond donors (Lipinski definition) is 1. The van der Waals surface area contributed by atoms with Crippen molar-refractivity contribution in [3.05, 3.63) is 112 Å². The van der Waals surface area contributed by atoms with E-state index >= 15 is 0 Å². The maximum atomic E-state index is 13.9. The molecule has 3 heterocycles. The minimum Gasteiger partial charge on any atom is -0.333 e. The fraction of sp³-hybridized carbons (Fsp3) is 0.207. The van der Waals surface area contributed by atoms with Gasteiger partial charge in [-0.1, -0.05) is 24.3 Å². The van der Waals surface area contributed by atoms with E-state index in [0.29, 0.717) is 48.4 Å². The topological polar surface area (TPSA) is 54.5 Å². The van der Waals surface area contributed by atoms with Gasteiger partial charge in [-0.2, -0.15) is 4.39 Å². The summed E-state index contributed by atoms with van der Waals surface area (Å²) in [5, 5.41) is 3.73. The molecule has 9 heteroatoms. The molecule has 0 saturated carbocycles. The first-order valence-electron chi connectivity index (χ1n) is 12.1. The van der Waals surface area contributed by atoms with Gasteiger partial charge in [0.25, 0.3) is 0 Å².